The average Bonchev–Trinajstić information content (AvgIpc) is 2.69. The zero-order chi connectivity index (χ0) is 13.0. The number of H-pyrrole nitrogens is 1. The largest absolute Gasteiger partial charge is 0.326 e. The summed E-state index contributed by atoms with van der Waals surface area (Å²) in [6.07, 6.45) is 11.6. The molecule has 0 saturated heterocycles. The summed E-state index contributed by atoms with van der Waals surface area (Å²) in [6, 6.07) is 0. The van der Waals surface area contributed by atoms with Gasteiger partial charge in [-0.3, -0.25) is 9.89 Å². The molecule has 0 atom stereocenters. The van der Waals surface area contributed by atoms with E-state index in [-0.39, 0.29) is 5.91 Å². The van der Waals surface area contributed by atoms with Crippen LogP contribution in [0.15, 0.2) is 42.3 Å². The van der Waals surface area contributed by atoms with Gasteiger partial charge in [0, 0.05) is 23.3 Å². The van der Waals surface area contributed by atoms with E-state index in [0.29, 0.717) is 12.0 Å². The van der Waals surface area contributed by atoms with Gasteiger partial charge in [-0.1, -0.05) is 30.9 Å². The Labute approximate surface area is 106 Å². The van der Waals surface area contributed by atoms with Crippen LogP contribution in [0, 0.1) is 0 Å². The van der Waals surface area contributed by atoms with Crippen molar-refractivity contribution in [1.82, 2.24) is 15.5 Å². The van der Waals surface area contributed by atoms with Gasteiger partial charge >= 0.3 is 0 Å². The summed E-state index contributed by atoms with van der Waals surface area (Å²) in [6.45, 7) is 5.33. The second kappa shape index (κ2) is 5.31. The van der Waals surface area contributed by atoms with Crippen molar-refractivity contribution in [2.24, 2.45) is 0 Å². The van der Waals surface area contributed by atoms with Crippen LogP contribution in [0.2, 0.25) is 0 Å². The number of fused-ring (bicyclic) bond motifs is 1. The fourth-order valence-electron chi connectivity index (χ4n) is 1.68. The molecule has 0 aromatic carbocycles. The van der Waals surface area contributed by atoms with E-state index in [2.05, 4.69) is 22.1 Å². The molecule has 1 aliphatic rings. The summed E-state index contributed by atoms with van der Waals surface area (Å²) in [5.41, 5.74) is 3.40. The standard InChI is InChI=1S/C14H15N3O/c1-3-5-10(2)14(18)16-12-7-4-6-11-9-15-17-13(11)8-12/h3-6,8-9H,1,7H2,2H3,(H,15,17)(H,16,18)/b10-5+. The van der Waals surface area contributed by atoms with Gasteiger partial charge in [0.05, 0.1) is 11.9 Å². The van der Waals surface area contributed by atoms with Crippen LogP contribution in [-0.2, 0) is 4.79 Å². The first kappa shape index (κ1) is 12.1. The lowest BCUT2D eigenvalue weighted by atomic mass is 10.2. The van der Waals surface area contributed by atoms with Crippen molar-refractivity contribution in [3.63, 3.8) is 0 Å². The maximum absolute atomic E-state index is 11.8. The molecular formula is C14H15N3O. The Bertz CT molecular complexity index is 561. The van der Waals surface area contributed by atoms with E-state index < -0.39 is 0 Å². The highest BCUT2D eigenvalue weighted by molar-refractivity contribution is 5.94. The SMILES string of the molecule is C=C/C=C(\C)C(=O)NC1=Cc2[nH]ncc2C=CC1. The molecule has 1 amide bonds. The van der Waals surface area contributed by atoms with Crippen molar-refractivity contribution in [3.8, 4) is 0 Å². The molecule has 0 fully saturated rings. The number of rotatable bonds is 3. The number of nitrogens with zero attached hydrogens (tertiary/aromatic N) is 1. The van der Waals surface area contributed by atoms with Crippen LogP contribution >= 0.6 is 0 Å². The first-order chi connectivity index (χ1) is 8.70. The Hall–Kier alpha value is -2.36. The molecule has 0 unspecified atom stereocenters. The lowest BCUT2D eigenvalue weighted by Gasteiger charge is -2.07. The molecule has 2 N–H and O–H groups in total. The second-order valence-corrected chi connectivity index (χ2v) is 4.05. The molecule has 92 valence electrons. The molecule has 1 aromatic heterocycles. The summed E-state index contributed by atoms with van der Waals surface area (Å²) in [5, 5.41) is 9.74. The summed E-state index contributed by atoms with van der Waals surface area (Å²) in [5.74, 6) is -0.113. The Morgan fingerprint density at radius 2 is 2.44 bits per heavy atom. The number of hydrogen-bond acceptors (Lipinski definition) is 2. The Balaban J connectivity index is 2.16. The zero-order valence-electron chi connectivity index (χ0n) is 10.2. The van der Waals surface area contributed by atoms with Crippen molar-refractivity contribution in [2.45, 2.75) is 13.3 Å². The van der Waals surface area contributed by atoms with Gasteiger partial charge in [0.25, 0.3) is 5.91 Å². The molecule has 18 heavy (non-hydrogen) atoms. The van der Waals surface area contributed by atoms with Crippen LogP contribution < -0.4 is 5.32 Å². The molecule has 0 aliphatic heterocycles. The van der Waals surface area contributed by atoms with Crippen molar-refractivity contribution in [1.29, 1.82) is 0 Å². The molecule has 1 aromatic rings. The minimum absolute atomic E-state index is 0.113. The fourth-order valence-corrected chi connectivity index (χ4v) is 1.68. The molecule has 0 saturated carbocycles. The van der Waals surface area contributed by atoms with Gasteiger partial charge in [-0.25, -0.2) is 0 Å². The highest BCUT2D eigenvalue weighted by Crippen LogP contribution is 2.17. The first-order valence-electron chi connectivity index (χ1n) is 5.72. The molecule has 0 spiro atoms. The van der Waals surface area contributed by atoms with Crippen LogP contribution in [0.25, 0.3) is 12.2 Å². The third kappa shape index (κ3) is 2.66. The number of amides is 1. The van der Waals surface area contributed by atoms with Crippen molar-refractivity contribution < 1.29 is 4.79 Å². The molecule has 2 rings (SSSR count). The quantitative estimate of drug-likeness (QED) is 0.630. The van der Waals surface area contributed by atoms with Crippen molar-refractivity contribution in [2.75, 3.05) is 0 Å². The van der Waals surface area contributed by atoms with Gasteiger partial charge < -0.3 is 5.32 Å². The van der Waals surface area contributed by atoms with E-state index in [1.165, 1.54) is 0 Å². The Morgan fingerprint density at radius 3 is 3.22 bits per heavy atom. The number of hydrogen-bond donors (Lipinski definition) is 2. The minimum Gasteiger partial charge on any atom is -0.326 e. The first-order valence-corrected chi connectivity index (χ1v) is 5.72. The van der Waals surface area contributed by atoms with Gasteiger partial charge in [0.15, 0.2) is 0 Å². The second-order valence-electron chi connectivity index (χ2n) is 4.05. The summed E-state index contributed by atoms with van der Waals surface area (Å²) >= 11 is 0. The topological polar surface area (TPSA) is 57.8 Å². The Morgan fingerprint density at radius 1 is 1.61 bits per heavy atom. The molecule has 1 aliphatic carbocycles. The number of aromatic nitrogens is 2. The Kier molecular flexibility index (Phi) is 3.57. The summed E-state index contributed by atoms with van der Waals surface area (Å²) in [4.78, 5) is 11.8. The number of allylic oxidation sites excluding steroid dienone is 3. The minimum atomic E-state index is -0.113. The van der Waals surface area contributed by atoms with Crippen molar-refractivity contribution in [3.05, 3.63) is 53.5 Å². The normalized spacial score (nSPS) is 14.5. The van der Waals surface area contributed by atoms with Crippen LogP contribution in [0.5, 0.6) is 0 Å². The van der Waals surface area contributed by atoms with Gasteiger partial charge in [-0.15, -0.1) is 0 Å². The highest BCUT2D eigenvalue weighted by atomic mass is 16.1. The average molecular weight is 241 g/mol. The van der Waals surface area contributed by atoms with Crippen molar-refractivity contribution >= 4 is 18.1 Å². The molecule has 0 bridgehead atoms. The van der Waals surface area contributed by atoms with Gasteiger partial charge in [-0.2, -0.15) is 5.10 Å². The fraction of sp³-hybridized carbons (Fsp3) is 0.143. The predicted molar refractivity (Wildman–Crippen MR) is 72.3 cm³/mol. The number of aromatic amines is 1. The van der Waals surface area contributed by atoms with E-state index in [1.807, 2.05) is 18.2 Å². The lowest BCUT2D eigenvalue weighted by Crippen LogP contribution is -2.23. The zero-order valence-corrected chi connectivity index (χ0v) is 10.2. The van der Waals surface area contributed by atoms with Crippen LogP contribution in [-0.4, -0.2) is 16.1 Å². The van der Waals surface area contributed by atoms with Crippen LogP contribution in [0.1, 0.15) is 24.6 Å². The molecule has 4 heteroatoms. The maximum atomic E-state index is 11.8. The number of carbonyl (C=O) groups excluding carboxylic acids is 1. The monoisotopic (exact) mass is 241 g/mol. The summed E-state index contributed by atoms with van der Waals surface area (Å²) < 4.78 is 0. The van der Waals surface area contributed by atoms with Crippen LogP contribution in [0.3, 0.4) is 0 Å². The van der Waals surface area contributed by atoms with E-state index in [4.69, 9.17) is 0 Å². The lowest BCUT2D eigenvalue weighted by molar-refractivity contribution is -0.116. The highest BCUT2D eigenvalue weighted by Gasteiger charge is 2.09. The predicted octanol–water partition coefficient (Wildman–Crippen LogP) is 2.42. The van der Waals surface area contributed by atoms with Gasteiger partial charge in [0.1, 0.15) is 0 Å². The maximum Gasteiger partial charge on any atom is 0.251 e. The smallest absolute Gasteiger partial charge is 0.251 e. The molecule has 4 nitrogen and oxygen atoms in total. The van der Waals surface area contributed by atoms with Gasteiger partial charge in [-0.05, 0) is 13.0 Å². The summed E-state index contributed by atoms with van der Waals surface area (Å²) in [7, 11) is 0. The van der Waals surface area contributed by atoms with E-state index in [0.717, 1.165) is 17.0 Å². The third-order valence-electron chi connectivity index (χ3n) is 2.65. The van der Waals surface area contributed by atoms with Crippen LogP contribution in [0.4, 0.5) is 0 Å². The van der Waals surface area contributed by atoms with E-state index in [1.54, 1.807) is 25.3 Å². The van der Waals surface area contributed by atoms with E-state index >= 15 is 0 Å². The number of carbonyl (C=O) groups is 1. The van der Waals surface area contributed by atoms with Gasteiger partial charge in [0.2, 0.25) is 0 Å². The molecule has 1 heterocycles. The molecule has 0 radical (unpaired) electrons. The van der Waals surface area contributed by atoms with E-state index in [9.17, 15) is 4.79 Å². The molecular weight excluding hydrogens is 226 g/mol. The third-order valence-corrected chi connectivity index (χ3v) is 2.65. The number of nitrogens with one attached hydrogen (secondary N) is 2.